The molecule has 3 rings (SSSR count). The number of benzene rings is 2. The van der Waals surface area contributed by atoms with Gasteiger partial charge in [0.15, 0.2) is 0 Å². The summed E-state index contributed by atoms with van der Waals surface area (Å²) in [4.78, 5) is 11.8. The minimum absolute atomic E-state index is 0.0219. The zero-order valence-electron chi connectivity index (χ0n) is 12.2. The monoisotopic (exact) mass is 293 g/mol. The van der Waals surface area contributed by atoms with Gasteiger partial charge in [0.25, 0.3) is 0 Å². The van der Waals surface area contributed by atoms with Gasteiger partial charge in [-0.05, 0) is 35.4 Å². The molecular weight excluding hydrogens is 278 g/mol. The minimum atomic E-state index is -0.311. The first-order valence-electron chi connectivity index (χ1n) is 7.05. The standard InChI is InChI=1S/C18H15NO3/c1-21-15-8-6-13(7-9-15)16-10-17(20)22-18(16)14-4-2-12(11-19)3-5-14/h2-9,16,18H,10H2,1H3/t16-,18+/m0/s1. The van der Waals surface area contributed by atoms with Crippen LogP contribution in [0, 0.1) is 11.3 Å². The molecule has 1 aliphatic heterocycles. The Morgan fingerprint density at radius 1 is 1.09 bits per heavy atom. The van der Waals surface area contributed by atoms with Crippen molar-refractivity contribution in [1.82, 2.24) is 0 Å². The largest absolute Gasteiger partial charge is 0.497 e. The van der Waals surface area contributed by atoms with Crippen LogP contribution in [0.4, 0.5) is 0 Å². The van der Waals surface area contributed by atoms with Gasteiger partial charge in [-0.3, -0.25) is 4.79 Å². The second-order valence-electron chi connectivity index (χ2n) is 5.23. The van der Waals surface area contributed by atoms with Crippen LogP contribution in [0.5, 0.6) is 5.75 Å². The van der Waals surface area contributed by atoms with E-state index in [2.05, 4.69) is 6.07 Å². The molecule has 2 aromatic rings. The molecule has 0 unspecified atom stereocenters. The van der Waals surface area contributed by atoms with Gasteiger partial charge in [-0.15, -0.1) is 0 Å². The van der Waals surface area contributed by atoms with Gasteiger partial charge in [0.2, 0.25) is 0 Å². The third kappa shape index (κ3) is 2.66. The number of esters is 1. The first-order chi connectivity index (χ1) is 10.7. The van der Waals surface area contributed by atoms with Gasteiger partial charge in [0.05, 0.1) is 25.2 Å². The summed E-state index contributed by atoms with van der Waals surface area (Å²) < 4.78 is 10.7. The van der Waals surface area contributed by atoms with Crippen LogP contribution < -0.4 is 4.74 Å². The summed E-state index contributed by atoms with van der Waals surface area (Å²) in [6.07, 6.45) is 0.0467. The summed E-state index contributed by atoms with van der Waals surface area (Å²) in [6.45, 7) is 0. The van der Waals surface area contributed by atoms with E-state index >= 15 is 0 Å². The fraction of sp³-hybridized carbons (Fsp3) is 0.222. The van der Waals surface area contributed by atoms with Gasteiger partial charge < -0.3 is 9.47 Å². The number of rotatable bonds is 3. The Balaban J connectivity index is 1.90. The molecule has 110 valence electrons. The van der Waals surface area contributed by atoms with Gasteiger partial charge in [-0.1, -0.05) is 24.3 Å². The SMILES string of the molecule is COc1ccc([C@@H]2CC(=O)O[C@@H]2c2ccc(C#N)cc2)cc1. The number of nitrogens with zero attached hydrogens (tertiary/aromatic N) is 1. The highest BCUT2D eigenvalue weighted by atomic mass is 16.5. The molecule has 1 aliphatic rings. The van der Waals surface area contributed by atoms with Gasteiger partial charge in [0, 0.05) is 5.92 Å². The molecule has 0 aromatic heterocycles. The molecule has 1 saturated heterocycles. The normalized spacial score (nSPS) is 20.3. The maximum absolute atomic E-state index is 11.8. The fourth-order valence-electron chi connectivity index (χ4n) is 2.75. The number of cyclic esters (lactones) is 1. The van der Waals surface area contributed by atoms with Crippen molar-refractivity contribution in [2.75, 3.05) is 7.11 Å². The average Bonchev–Trinajstić information content (AvgIpc) is 2.97. The summed E-state index contributed by atoms with van der Waals surface area (Å²) in [5.74, 6) is 0.561. The van der Waals surface area contributed by atoms with Crippen molar-refractivity contribution in [3.8, 4) is 11.8 Å². The summed E-state index contributed by atoms with van der Waals surface area (Å²) in [7, 11) is 1.62. The van der Waals surface area contributed by atoms with Crippen LogP contribution >= 0.6 is 0 Å². The zero-order valence-corrected chi connectivity index (χ0v) is 12.2. The number of hydrogen-bond donors (Lipinski definition) is 0. The van der Waals surface area contributed by atoms with E-state index < -0.39 is 0 Å². The van der Waals surface area contributed by atoms with E-state index in [1.54, 1.807) is 19.2 Å². The van der Waals surface area contributed by atoms with Crippen molar-refractivity contribution in [1.29, 1.82) is 5.26 Å². The van der Waals surface area contributed by atoms with E-state index in [1.165, 1.54) is 0 Å². The predicted octanol–water partition coefficient (Wildman–Crippen LogP) is 3.34. The minimum Gasteiger partial charge on any atom is -0.497 e. The fourth-order valence-corrected chi connectivity index (χ4v) is 2.75. The van der Waals surface area contributed by atoms with Crippen molar-refractivity contribution in [3.63, 3.8) is 0 Å². The zero-order chi connectivity index (χ0) is 15.5. The highest BCUT2D eigenvalue weighted by molar-refractivity contribution is 5.74. The number of hydrogen-bond acceptors (Lipinski definition) is 4. The average molecular weight is 293 g/mol. The highest BCUT2D eigenvalue weighted by Gasteiger charge is 2.36. The van der Waals surface area contributed by atoms with E-state index in [0.717, 1.165) is 16.9 Å². The molecule has 1 fully saturated rings. The molecule has 0 spiro atoms. The maximum atomic E-state index is 11.8. The summed E-state index contributed by atoms with van der Waals surface area (Å²) in [6, 6.07) is 17.0. The first-order valence-corrected chi connectivity index (χ1v) is 7.05. The Hall–Kier alpha value is -2.80. The lowest BCUT2D eigenvalue weighted by atomic mass is 9.88. The first kappa shape index (κ1) is 14.2. The van der Waals surface area contributed by atoms with Gasteiger partial charge in [-0.2, -0.15) is 5.26 Å². The number of carbonyl (C=O) groups is 1. The van der Waals surface area contributed by atoms with Gasteiger partial charge >= 0.3 is 5.97 Å². The Labute approximate surface area is 128 Å². The van der Waals surface area contributed by atoms with E-state index in [0.29, 0.717) is 12.0 Å². The molecule has 2 atom stereocenters. The van der Waals surface area contributed by atoms with Crippen LogP contribution in [-0.4, -0.2) is 13.1 Å². The second kappa shape index (κ2) is 5.90. The van der Waals surface area contributed by atoms with Crippen LogP contribution in [0.25, 0.3) is 0 Å². The Morgan fingerprint density at radius 2 is 1.73 bits per heavy atom. The topological polar surface area (TPSA) is 59.3 Å². The van der Waals surface area contributed by atoms with Crippen LogP contribution in [0.1, 0.15) is 35.1 Å². The quantitative estimate of drug-likeness (QED) is 0.814. The molecule has 0 saturated carbocycles. The number of ether oxygens (including phenoxy) is 2. The highest BCUT2D eigenvalue weighted by Crippen LogP contribution is 2.42. The Bertz CT molecular complexity index is 713. The van der Waals surface area contributed by atoms with Crippen molar-refractivity contribution < 1.29 is 14.3 Å². The predicted molar refractivity (Wildman–Crippen MR) is 80.3 cm³/mol. The lowest BCUT2D eigenvalue weighted by Crippen LogP contribution is -2.06. The lowest BCUT2D eigenvalue weighted by Gasteiger charge is -2.18. The number of nitriles is 1. The molecule has 1 heterocycles. The molecule has 4 nitrogen and oxygen atoms in total. The van der Waals surface area contributed by atoms with E-state index in [9.17, 15) is 4.79 Å². The van der Waals surface area contributed by atoms with Crippen LogP contribution in [0.3, 0.4) is 0 Å². The second-order valence-corrected chi connectivity index (χ2v) is 5.23. The van der Waals surface area contributed by atoms with Crippen molar-refractivity contribution in [2.24, 2.45) is 0 Å². The summed E-state index contributed by atoms with van der Waals surface area (Å²) in [5, 5.41) is 8.87. The van der Waals surface area contributed by atoms with E-state index in [4.69, 9.17) is 14.7 Å². The molecule has 2 aromatic carbocycles. The van der Waals surface area contributed by atoms with Crippen molar-refractivity contribution in [3.05, 3.63) is 65.2 Å². The molecule has 0 bridgehead atoms. The molecule has 4 heteroatoms. The Kier molecular flexibility index (Phi) is 3.80. The molecule has 0 amide bonds. The smallest absolute Gasteiger partial charge is 0.307 e. The lowest BCUT2D eigenvalue weighted by molar-refractivity contribution is -0.141. The molecule has 0 N–H and O–H groups in total. The van der Waals surface area contributed by atoms with Gasteiger partial charge in [0.1, 0.15) is 11.9 Å². The van der Waals surface area contributed by atoms with Gasteiger partial charge in [-0.25, -0.2) is 0 Å². The molecule has 0 radical (unpaired) electrons. The van der Waals surface area contributed by atoms with Crippen molar-refractivity contribution >= 4 is 5.97 Å². The Morgan fingerprint density at radius 3 is 2.32 bits per heavy atom. The molecule has 22 heavy (non-hydrogen) atoms. The number of methoxy groups -OCH3 is 1. The maximum Gasteiger partial charge on any atom is 0.307 e. The van der Waals surface area contributed by atoms with Crippen LogP contribution in [0.2, 0.25) is 0 Å². The van der Waals surface area contributed by atoms with Crippen LogP contribution in [-0.2, 0) is 9.53 Å². The van der Waals surface area contributed by atoms with E-state index in [1.807, 2.05) is 36.4 Å². The third-order valence-electron chi connectivity index (χ3n) is 3.92. The van der Waals surface area contributed by atoms with Crippen molar-refractivity contribution in [2.45, 2.75) is 18.4 Å². The summed E-state index contributed by atoms with van der Waals surface area (Å²) in [5.41, 5.74) is 2.54. The summed E-state index contributed by atoms with van der Waals surface area (Å²) >= 11 is 0. The third-order valence-corrected chi connectivity index (χ3v) is 3.92. The van der Waals surface area contributed by atoms with Crippen LogP contribution in [0.15, 0.2) is 48.5 Å². The van der Waals surface area contributed by atoms with E-state index in [-0.39, 0.29) is 18.0 Å². The molecule has 0 aliphatic carbocycles. The number of carbonyl (C=O) groups excluding carboxylic acids is 1. The molecular formula is C18H15NO3.